The van der Waals surface area contributed by atoms with Crippen LogP contribution in [0, 0.1) is 22.7 Å². The Bertz CT molecular complexity index is 611. The SMILES string of the molecule is CC1(C)CCC[C@@]2(C)C1CC[C@]1(C)OC3=CC(=O)CCC3=C[C@H]21. The molecule has 23 heavy (non-hydrogen) atoms. The third-order valence-corrected chi connectivity index (χ3v) is 7.53. The molecule has 0 N–H and O–H groups in total. The minimum Gasteiger partial charge on any atom is -0.487 e. The summed E-state index contributed by atoms with van der Waals surface area (Å²) in [4.78, 5) is 11.8. The number of carbonyl (C=O) groups excluding carboxylic acids is 1. The number of rotatable bonds is 0. The van der Waals surface area contributed by atoms with Gasteiger partial charge in [0.05, 0.1) is 0 Å². The Morgan fingerprint density at radius 1 is 1.09 bits per heavy atom. The van der Waals surface area contributed by atoms with E-state index >= 15 is 0 Å². The number of fused-ring (bicyclic) bond motifs is 4. The lowest BCUT2D eigenvalue weighted by Gasteiger charge is -2.62. The van der Waals surface area contributed by atoms with Crippen molar-refractivity contribution >= 4 is 5.78 Å². The maximum atomic E-state index is 11.8. The van der Waals surface area contributed by atoms with Crippen LogP contribution in [-0.2, 0) is 9.53 Å². The van der Waals surface area contributed by atoms with Crippen molar-refractivity contribution in [2.75, 3.05) is 0 Å². The van der Waals surface area contributed by atoms with Crippen molar-refractivity contribution < 1.29 is 9.53 Å². The molecule has 2 saturated carbocycles. The predicted octanol–water partition coefficient (Wildman–Crippen LogP) is 5.19. The molecular formula is C21H30O2. The fourth-order valence-corrected chi connectivity index (χ4v) is 6.43. The molecule has 2 nitrogen and oxygen atoms in total. The molecule has 0 aromatic carbocycles. The molecule has 0 aromatic heterocycles. The Balaban J connectivity index is 1.79. The van der Waals surface area contributed by atoms with E-state index in [9.17, 15) is 4.79 Å². The number of hydrogen-bond donors (Lipinski definition) is 0. The molecule has 4 atom stereocenters. The maximum Gasteiger partial charge on any atom is 0.159 e. The second kappa shape index (κ2) is 4.74. The monoisotopic (exact) mass is 314 g/mol. The van der Waals surface area contributed by atoms with E-state index in [0.29, 0.717) is 23.2 Å². The molecule has 0 amide bonds. The lowest BCUT2D eigenvalue weighted by Crippen LogP contribution is -2.58. The van der Waals surface area contributed by atoms with Gasteiger partial charge in [0, 0.05) is 18.4 Å². The van der Waals surface area contributed by atoms with E-state index < -0.39 is 0 Å². The summed E-state index contributed by atoms with van der Waals surface area (Å²) in [7, 11) is 0. The van der Waals surface area contributed by atoms with Crippen LogP contribution in [0.1, 0.15) is 72.6 Å². The zero-order valence-electron chi connectivity index (χ0n) is 15.1. The lowest BCUT2D eigenvalue weighted by molar-refractivity contribution is -0.163. The first-order valence-electron chi connectivity index (χ1n) is 9.39. The smallest absolute Gasteiger partial charge is 0.159 e. The zero-order chi connectivity index (χ0) is 16.5. The van der Waals surface area contributed by atoms with Crippen molar-refractivity contribution in [1.82, 2.24) is 0 Å². The van der Waals surface area contributed by atoms with Crippen LogP contribution >= 0.6 is 0 Å². The minimum atomic E-state index is -0.133. The first kappa shape index (κ1) is 15.5. The van der Waals surface area contributed by atoms with Gasteiger partial charge in [0.25, 0.3) is 0 Å². The number of carbonyl (C=O) groups is 1. The van der Waals surface area contributed by atoms with Crippen LogP contribution in [0.3, 0.4) is 0 Å². The highest BCUT2D eigenvalue weighted by Crippen LogP contribution is 2.64. The lowest BCUT2D eigenvalue weighted by atomic mass is 9.45. The standard InChI is InChI=1S/C21H30O2/c1-19(2)9-5-10-20(3)17(19)8-11-21(4)18(20)12-14-6-7-15(22)13-16(14)23-21/h12-13,17-18H,5-11H2,1-4H3/t17?,18-,20+,21+/m1/s1. The molecule has 2 heteroatoms. The number of hydrogen-bond acceptors (Lipinski definition) is 2. The summed E-state index contributed by atoms with van der Waals surface area (Å²) in [5, 5.41) is 0. The van der Waals surface area contributed by atoms with Gasteiger partial charge in [-0.25, -0.2) is 0 Å². The Morgan fingerprint density at radius 3 is 2.65 bits per heavy atom. The Hall–Kier alpha value is -1.05. The van der Waals surface area contributed by atoms with Gasteiger partial charge in [-0.2, -0.15) is 0 Å². The van der Waals surface area contributed by atoms with E-state index in [-0.39, 0.29) is 11.4 Å². The zero-order valence-corrected chi connectivity index (χ0v) is 15.1. The van der Waals surface area contributed by atoms with E-state index in [4.69, 9.17) is 4.74 Å². The first-order chi connectivity index (χ1) is 10.7. The van der Waals surface area contributed by atoms with Crippen LogP contribution in [0.15, 0.2) is 23.5 Å². The second-order valence-corrected chi connectivity index (χ2v) is 9.50. The van der Waals surface area contributed by atoms with Crippen LogP contribution in [0.5, 0.6) is 0 Å². The summed E-state index contributed by atoms with van der Waals surface area (Å²) >= 11 is 0. The van der Waals surface area contributed by atoms with Gasteiger partial charge in [-0.3, -0.25) is 4.79 Å². The van der Waals surface area contributed by atoms with Crippen molar-refractivity contribution in [3.05, 3.63) is 23.5 Å². The van der Waals surface area contributed by atoms with Crippen LogP contribution in [0.4, 0.5) is 0 Å². The molecule has 0 spiro atoms. The van der Waals surface area contributed by atoms with Gasteiger partial charge in [-0.15, -0.1) is 0 Å². The van der Waals surface area contributed by atoms with Gasteiger partial charge in [-0.1, -0.05) is 33.3 Å². The quantitative estimate of drug-likeness (QED) is 0.615. The topological polar surface area (TPSA) is 26.3 Å². The largest absolute Gasteiger partial charge is 0.487 e. The molecule has 0 aromatic rings. The van der Waals surface area contributed by atoms with Gasteiger partial charge >= 0.3 is 0 Å². The summed E-state index contributed by atoms with van der Waals surface area (Å²) in [5.74, 6) is 2.35. The highest BCUT2D eigenvalue weighted by atomic mass is 16.5. The molecule has 0 radical (unpaired) electrons. The Morgan fingerprint density at radius 2 is 1.87 bits per heavy atom. The fourth-order valence-electron chi connectivity index (χ4n) is 6.43. The minimum absolute atomic E-state index is 0.133. The van der Waals surface area contributed by atoms with E-state index in [1.807, 2.05) is 0 Å². The Kier molecular flexibility index (Phi) is 3.19. The highest BCUT2D eigenvalue weighted by Gasteiger charge is 2.60. The van der Waals surface area contributed by atoms with Gasteiger partial charge < -0.3 is 4.74 Å². The van der Waals surface area contributed by atoms with Crippen LogP contribution in [0.25, 0.3) is 0 Å². The fraction of sp³-hybridized carbons (Fsp3) is 0.762. The second-order valence-electron chi connectivity index (χ2n) is 9.50. The molecular weight excluding hydrogens is 284 g/mol. The summed E-state index contributed by atoms with van der Waals surface area (Å²) in [6.07, 6.45) is 12.1. The number of allylic oxidation sites excluding steroid dienone is 2. The van der Waals surface area contributed by atoms with Gasteiger partial charge in [-0.05, 0) is 61.3 Å². The van der Waals surface area contributed by atoms with Crippen LogP contribution in [0.2, 0.25) is 0 Å². The summed E-state index contributed by atoms with van der Waals surface area (Å²) in [6, 6.07) is 0. The predicted molar refractivity (Wildman–Crippen MR) is 91.9 cm³/mol. The Labute approximate surface area is 140 Å². The number of ketones is 1. The van der Waals surface area contributed by atoms with E-state index in [1.54, 1.807) is 6.08 Å². The molecule has 4 rings (SSSR count). The van der Waals surface area contributed by atoms with Crippen molar-refractivity contribution in [1.29, 1.82) is 0 Å². The van der Waals surface area contributed by atoms with E-state index in [0.717, 1.165) is 24.5 Å². The first-order valence-corrected chi connectivity index (χ1v) is 9.39. The van der Waals surface area contributed by atoms with Crippen molar-refractivity contribution in [3.8, 4) is 0 Å². The maximum absolute atomic E-state index is 11.8. The molecule has 1 heterocycles. The van der Waals surface area contributed by atoms with E-state index in [2.05, 4.69) is 33.8 Å². The molecule has 0 bridgehead atoms. The molecule has 126 valence electrons. The van der Waals surface area contributed by atoms with Gasteiger partial charge in [0.15, 0.2) is 5.78 Å². The normalized spacial score (nSPS) is 45.0. The molecule has 1 aliphatic heterocycles. The highest BCUT2D eigenvalue weighted by molar-refractivity contribution is 5.92. The molecule has 4 aliphatic rings. The van der Waals surface area contributed by atoms with Gasteiger partial charge in [0.2, 0.25) is 0 Å². The van der Waals surface area contributed by atoms with Crippen molar-refractivity contribution in [2.45, 2.75) is 78.2 Å². The number of ether oxygens (including phenoxy) is 1. The third kappa shape index (κ3) is 2.16. The van der Waals surface area contributed by atoms with Gasteiger partial charge in [0.1, 0.15) is 11.4 Å². The summed E-state index contributed by atoms with van der Waals surface area (Å²) < 4.78 is 6.51. The molecule has 3 aliphatic carbocycles. The van der Waals surface area contributed by atoms with Crippen molar-refractivity contribution in [2.24, 2.45) is 22.7 Å². The third-order valence-electron chi connectivity index (χ3n) is 7.53. The average molecular weight is 314 g/mol. The summed E-state index contributed by atoms with van der Waals surface area (Å²) in [6.45, 7) is 9.75. The van der Waals surface area contributed by atoms with E-state index in [1.165, 1.54) is 31.3 Å². The summed E-state index contributed by atoms with van der Waals surface area (Å²) in [5.41, 5.74) is 1.92. The molecule has 2 fully saturated rings. The molecule has 1 unspecified atom stereocenters. The van der Waals surface area contributed by atoms with Crippen molar-refractivity contribution in [3.63, 3.8) is 0 Å². The molecule has 0 saturated heterocycles. The average Bonchev–Trinajstić information content (AvgIpc) is 2.44. The van der Waals surface area contributed by atoms with Crippen LogP contribution < -0.4 is 0 Å². The van der Waals surface area contributed by atoms with Crippen LogP contribution in [-0.4, -0.2) is 11.4 Å².